The minimum atomic E-state index is -3.63. The predicted octanol–water partition coefficient (Wildman–Crippen LogP) is 2.37. The normalized spacial score (nSPS) is 17.8. The molecule has 23 heavy (non-hydrogen) atoms. The molecule has 7 heteroatoms. The monoisotopic (exact) mass is 332 g/mol. The molecule has 0 unspecified atom stereocenters. The molecule has 1 fully saturated rings. The number of fused-ring (bicyclic) bond motifs is 1. The van der Waals surface area contributed by atoms with Crippen molar-refractivity contribution in [3.8, 4) is 0 Å². The smallest absolute Gasteiger partial charge is 0.247 e. The molecule has 6 nitrogen and oxygen atoms in total. The van der Waals surface area contributed by atoms with E-state index in [0.29, 0.717) is 10.8 Å². The summed E-state index contributed by atoms with van der Waals surface area (Å²) < 4.78 is 29.4. The number of nitrogens with zero attached hydrogens (tertiary/aromatic N) is 3. The Balaban J connectivity index is 1.62. The number of nitrogens with one attached hydrogen (secondary N) is 1. The summed E-state index contributed by atoms with van der Waals surface area (Å²) in [6.45, 7) is 0. The van der Waals surface area contributed by atoms with E-state index in [4.69, 9.17) is 0 Å². The summed E-state index contributed by atoms with van der Waals surface area (Å²) in [7, 11) is -1.92. The summed E-state index contributed by atoms with van der Waals surface area (Å²) in [4.78, 5) is 4.63. The van der Waals surface area contributed by atoms with Crippen LogP contribution in [0.25, 0.3) is 0 Å². The molecule has 0 radical (unpaired) electrons. The van der Waals surface area contributed by atoms with Gasteiger partial charge in [0.25, 0.3) is 10.0 Å². The molecule has 4 rings (SSSR count). The predicted molar refractivity (Wildman–Crippen MR) is 86.9 cm³/mol. The van der Waals surface area contributed by atoms with Gasteiger partial charge in [-0.05, 0) is 61.8 Å². The largest absolute Gasteiger partial charge is 0.264 e. The lowest BCUT2D eigenvalue weighted by molar-refractivity contribution is 0.599. The van der Waals surface area contributed by atoms with Crippen LogP contribution in [0.4, 0.5) is 5.95 Å². The fraction of sp³-hybridized carbons (Fsp3) is 0.500. The van der Waals surface area contributed by atoms with Crippen molar-refractivity contribution in [3.63, 3.8) is 0 Å². The van der Waals surface area contributed by atoms with Gasteiger partial charge in [0.05, 0.1) is 4.90 Å². The van der Waals surface area contributed by atoms with Gasteiger partial charge in [0.2, 0.25) is 5.95 Å². The van der Waals surface area contributed by atoms with E-state index < -0.39 is 10.0 Å². The van der Waals surface area contributed by atoms with E-state index >= 15 is 0 Å². The van der Waals surface area contributed by atoms with Crippen molar-refractivity contribution in [1.82, 2.24) is 14.8 Å². The van der Waals surface area contributed by atoms with Crippen molar-refractivity contribution in [1.29, 1.82) is 0 Å². The van der Waals surface area contributed by atoms with Gasteiger partial charge in [-0.3, -0.25) is 0 Å². The Morgan fingerprint density at radius 2 is 1.91 bits per heavy atom. The van der Waals surface area contributed by atoms with E-state index in [2.05, 4.69) is 14.8 Å². The molecule has 2 aliphatic carbocycles. The summed E-state index contributed by atoms with van der Waals surface area (Å²) in [5.41, 5.74) is 2.42. The molecule has 2 aromatic rings. The molecule has 1 aromatic heterocycles. The van der Waals surface area contributed by atoms with E-state index in [1.807, 2.05) is 6.07 Å². The molecule has 122 valence electrons. The first-order valence-corrected chi connectivity index (χ1v) is 9.57. The van der Waals surface area contributed by atoms with Gasteiger partial charge in [-0.2, -0.15) is 10.1 Å². The third kappa shape index (κ3) is 2.85. The second-order valence-electron chi connectivity index (χ2n) is 6.43. The van der Waals surface area contributed by atoms with Gasteiger partial charge in [-0.25, -0.2) is 17.8 Å². The number of hydrogen-bond donors (Lipinski definition) is 1. The van der Waals surface area contributed by atoms with Crippen LogP contribution in [-0.2, 0) is 29.9 Å². The average molecular weight is 332 g/mol. The number of anilines is 1. The molecule has 0 atom stereocenters. The second kappa shape index (κ2) is 5.33. The van der Waals surface area contributed by atoms with Gasteiger partial charge in [-0.1, -0.05) is 6.07 Å². The molecule has 0 aliphatic heterocycles. The van der Waals surface area contributed by atoms with Crippen LogP contribution in [-0.4, -0.2) is 23.2 Å². The second-order valence-corrected chi connectivity index (χ2v) is 8.12. The Kier molecular flexibility index (Phi) is 3.41. The topological polar surface area (TPSA) is 76.9 Å². The van der Waals surface area contributed by atoms with Crippen molar-refractivity contribution in [2.75, 3.05) is 4.72 Å². The number of hydrogen-bond acceptors (Lipinski definition) is 4. The molecule has 0 amide bonds. The van der Waals surface area contributed by atoms with Crippen molar-refractivity contribution in [2.45, 2.75) is 49.3 Å². The number of aryl methyl sites for hydroxylation is 3. The van der Waals surface area contributed by atoms with Gasteiger partial charge in [-0.15, -0.1) is 0 Å². The van der Waals surface area contributed by atoms with Crippen LogP contribution >= 0.6 is 0 Å². The summed E-state index contributed by atoms with van der Waals surface area (Å²) in [6.07, 6.45) is 6.46. The average Bonchev–Trinajstić information content (AvgIpc) is 3.32. The first kappa shape index (κ1) is 14.7. The maximum Gasteiger partial charge on any atom is 0.264 e. The summed E-state index contributed by atoms with van der Waals surface area (Å²) in [6, 6.07) is 5.43. The SMILES string of the molecule is Cn1nc(C2CC2)nc1NS(=O)(=O)c1ccc2c(c1)CCCC2. The zero-order valence-corrected chi connectivity index (χ0v) is 13.9. The standard InChI is InChI=1S/C16H20N4O2S/c1-20-16(17-15(18-20)12-6-7-12)19-23(21,22)14-9-8-11-4-2-3-5-13(11)10-14/h8-10,12H,2-7H2,1H3,(H,17,18,19). The minimum Gasteiger partial charge on any atom is -0.247 e. The highest BCUT2D eigenvalue weighted by atomic mass is 32.2. The third-order valence-corrected chi connectivity index (χ3v) is 5.90. The Labute approximate surface area is 136 Å². The van der Waals surface area contributed by atoms with E-state index in [9.17, 15) is 8.42 Å². The van der Waals surface area contributed by atoms with Gasteiger partial charge in [0, 0.05) is 13.0 Å². The van der Waals surface area contributed by atoms with E-state index in [1.165, 1.54) is 16.7 Å². The summed E-state index contributed by atoms with van der Waals surface area (Å²) in [5, 5.41) is 4.30. The molecule has 2 aliphatic rings. The Morgan fingerprint density at radius 3 is 2.65 bits per heavy atom. The summed E-state index contributed by atoms with van der Waals surface area (Å²) in [5.74, 6) is 1.41. The van der Waals surface area contributed by atoms with Crippen LogP contribution < -0.4 is 4.72 Å². The first-order chi connectivity index (χ1) is 11.0. The maximum absolute atomic E-state index is 12.6. The quantitative estimate of drug-likeness (QED) is 0.932. The fourth-order valence-electron chi connectivity index (χ4n) is 3.06. The Morgan fingerprint density at radius 1 is 1.17 bits per heavy atom. The fourth-order valence-corrected chi connectivity index (χ4v) is 4.14. The lowest BCUT2D eigenvalue weighted by Crippen LogP contribution is -2.17. The molecule has 1 aromatic carbocycles. The number of aromatic nitrogens is 3. The Hall–Kier alpha value is -1.89. The van der Waals surface area contributed by atoms with Gasteiger partial charge in [0.15, 0.2) is 5.82 Å². The molecule has 0 spiro atoms. The van der Waals surface area contributed by atoms with Crippen LogP contribution in [0.15, 0.2) is 23.1 Å². The lowest BCUT2D eigenvalue weighted by Gasteiger charge is -2.16. The van der Waals surface area contributed by atoms with Crippen molar-refractivity contribution in [3.05, 3.63) is 35.2 Å². The first-order valence-electron chi connectivity index (χ1n) is 8.08. The highest BCUT2D eigenvalue weighted by Crippen LogP contribution is 2.38. The molecular weight excluding hydrogens is 312 g/mol. The van der Waals surface area contributed by atoms with E-state index in [1.54, 1.807) is 19.2 Å². The number of benzene rings is 1. The zero-order chi connectivity index (χ0) is 16.0. The van der Waals surface area contributed by atoms with Crippen LogP contribution in [0.3, 0.4) is 0 Å². The van der Waals surface area contributed by atoms with Crippen LogP contribution in [0.1, 0.15) is 48.6 Å². The van der Waals surface area contributed by atoms with Crippen molar-refractivity contribution in [2.24, 2.45) is 7.05 Å². The van der Waals surface area contributed by atoms with Crippen LogP contribution in [0.5, 0.6) is 0 Å². The number of sulfonamides is 1. The van der Waals surface area contributed by atoms with Gasteiger partial charge >= 0.3 is 0 Å². The molecule has 1 saturated carbocycles. The van der Waals surface area contributed by atoms with E-state index in [-0.39, 0.29) is 5.95 Å². The van der Waals surface area contributed by atoms with E-state index in [0.717, 1.165) is 43.5 Å². The molecule has 0 bridgehead atoms. The van der Waals surface area contributed by atoms with Crippen molar-refractivity contribution < 1.29 is 8.42 Å². The molecule has 1 heterocycles. The van der Waals surface area contributed by atoms with Crippen molar-refractivity contribution >= 4 is 16.0 Å². The Bertz CT molecular complexity index is 853. The highest BCUT2D eigenvalue weighted by Gasteiger charge is 2.29. The highest BCUT2D eigenvalue weighted by molar-refractivity contribution is 7.92. The maximum atomic E-state index is 12.6. The molecule has 1 N–H and O–H groups in total. The van der Waals surface area contributed by atoms with Crippen LogP contribution in [0.2, 0.25) is 0 Å². The van der Waals surface area contributed by atoms with Gasteiger partial charge in [0.1, 0.15) is 0 Å². The lowest BCUT2D eigenvalue weighted by atomic mass is 9.92. The third-order valence-electron chi connectivity index (χ3n) is 4.58. The molecule has 0 saturated heterocycles. The minimum absolute atomic E-state index is 0.282. The number of rotatable bonds is 4. The molecular formula is C16H20N4O2S. The van der Waals surface area contributed by atoms with Crippen LogP contribution in [0, 0.1) is 0 Å². The summed E-state index contributed by atoms with van der Waals surface area (Å²) >= 11 is 0. The zero-order valence-electron chi connectivity index (χ0n) is 13.1. The van der Waals surface area contributed by atoms with Gasteiger partial charge < -0.3 is 0 Å².